The third-order valence-electron chi connectivity index (χ3n) is 3.05. The van der Waals surface area contributed by atoms with Crippen LogP contribution in [0.15, 0.2) is 35.7 Å². The quantitative estimate of drug-likeness (QED) is 0.646. The predicted molar refractivity (Wildman–Crippen MR) is 84.3 cm³/mol. The molecule has 0 saturated heterocycles. The molecule has 0 aliphatic rings. The Morgan fingerprint density at radius 1 is 1.50 bits per heavy atom. The van der Waals surface area contributed by atoms with E-state index in [4.69, 9.17) is 11.6 Å². The zero-order valence-corrected chi connectivity index (χ0v) is 13.1. The number of thiophene rings is 1. The maximum Gasteiger partial charge on any atom is 0.287 e. The van der Waals surface area contributed by atoms with Crippen LogP contribution in [0.5, 0.6) is 0 Å². The SMILES string of the molecule is C[C@](O)(CNC(=O)c1ccc([N+](=O)[O-])c(Cl)c1)c1cccs1. The fraction of sp³-hybridized carbons (Fsp3) is 0.214. The summed E-state index contributed by atoms with van der Waals surface area (Å²) in [5.74, 6) is -0.464. The lowest BCUT2D eigenvalue weighted by molar-refractivity contribution is -0.384. The summed E-state index contributed by atoms with van der Waals surface area (Å²) in [6, 6.07) is 7.31. The van der Waals surface area contributed by atoms with Gasteiger partial charge in [0, 0.05) is 16.5 Å². The first kappa shape index (κ1) is 16.4. The highest BCUT2D eigenvalue weighted by molar-refractivity contribution is 7.10. The molecule has 8 heteroatoms. The Morgan fingerprint density at radius 3 is 2.77 bits per heavy atom. The number of carbonyl (C=O) groups is 1. The van der Waals surface area contributed by atoms with Crippen molar-refractivity contribution in [2.75, 3.05) is 6.54 Å². The summed E-state index contributed by atoms with van der Waals surface area (Å²) >= 11 is 7.16. The second-order valence-corrected chi connectivity index (χ2v) is 6.21. The van der Waals surface area contributed by atoms with Gasteiger partial charge in [0.05, 0.1) is 11.5 Å². The third kappa shape index (κ3) is 3.62. The van der Waals surface area contributed by atoms with Crippen LogP contribution in [0.4, 0.5) is 5.69 Å². The van der Waals surface area contributed by atoms with E-state index in [0.717, 1.165) is 4.88 Å². The average Bonchev–Trinajstić information content (AvgIpc) is 2.99. The topological polar surface area (TPSA) is 92.5 Å². The third-order valence-corrected chi connectivity index (χ3v) is 4.48. The summed E-state index contributed by atoms with van der Waals surface area (Å²) in [6.45, 7) is 1.61. The maximum atomic E-state index is 12.0. The molecule has 0 unspecified atom stereocenters. The van der Waals surface area contributed by atoms with Crippen LogP contribution in [0.3, 0.4) is 0 Å². The Hall–Kier alpha value is -1.96. The van der Waals surface area contributed by atoms with Crippen molar-refractivity contribution >= 4 is 34.5 Å². The summed E-state index contributed by atoms with van der Waals surface area (Å²) < 4.78 is 0. The van der Waals surface area contributed by atoms with Crippen LogP contribution in [0.1, 0.15) is 22.2 Å². The van der Waals surface area contributed by atoms with E-state index in [0.29, 0.717) is 0 Å². The van der Waals surface area contributed by atoms with Crippen LogP contribution in [-0.4, -0.2) is 22.5 Å². The second kappa shape index (κ2) is 6.43. The number of nitro groups is 1. The zero-order chi connectivity index (χ0) is 16.3. The van der Waals surface area contributed by atoms with Crippen molar-refractivity contribution in [2.45, 2.75) is 12.5 Å². The van der Waals surface area contributed by atoms with Gasteiger partial charge in [0.15, 0.2) is 0 Å². The summed E-state index contributed by atoms with van der Waals surface area (Å²) in [6.07, 6.45) is 0. The number of halogens is 1. The lowest BCUT2D eigenvalue weighted by Crippen LogP contribution is -2.38. The molecule has 1 aromatic heterocycles. The van der Waals surface area contributed by atoms with Gasteiger partial charge in [-0.05, 0) is 30.5 Å². The van der Waals surface area contributed by atoms with Gasteiger partial charge in [-0.15, -0.1) is 11.3 Å². The van der Waals surface area contributed by atoms with Crippen molar-refractivity contribution in [3.63, 3.8) is 0 Å². The molecule has 2 aromatic rings. The number of carbonyl (C=O) groups excluding carboxylic acids is 1. The van der Waals surface area contributed by atoms with Crippen LogP contribution in [0.25, 0.3) is 0 Å². The molecule has 0 aliphatic heterocycles. The van der Waals surface area contributed by atoms with Crippen LogP contribution in [-0.2, 0) is 5.60 Å². The Balaban J connectivity index is 2.07. The molecule has 1 amide bonds. The average molecular weight is 341 g/mol. The monoisotopic (exact) mass is 340 g/mol. The van der Waals surface area contributed by atoms with E-state index in [1.165, 1.54) is 29.5 Å². The summed E-state index contributed by atoms with van der Waals surface area (Å²) in [5.41, 5.74) is -1.25. The molecule has 0 spiro atoms. The number of benzene rings is 1. The van der Waals surface area contributed by atoms with Crippen molar-refractivity contribution in [3.8, 4) is 0 Å². The number of aliphatic hydroxyl groups is 1. The number of hydrogen-bond donors (Lipinski definition) is 2. The number of amides is 1. The number of nitro benzene ring substituents is 1. The Labute approximate surface area is 135 Å². The van der Waals surface area contributed by atoms with Crippen molar-refractivity contribution < 1.29 is 14.8 Å². The van der Waals surface area contributed by atoms with Crippen LogP contribution in [0, 0.1) is 10.1 Å². The zero-order valence-electron chi connectivity index (χ0n) is 11.6. The molecule has 1 aromatic carbocycles. The molecule has 1 heterocycles. The van der Waals surface area contributed by atoms with Gasteiger partial charge < -0.3 is 10.4 Å². The van der Waals surface area contributed by atoms with E-state index in [1.807, 2.05) is 11.4 Å². The first-order valence-corrected chi connectivity index (χ1v) is 7.55. The molecule has 2 N–H and O–H groups in total. The normalized spacial score (nSPS) is 13.4. The first-order valence-electron chi connectivity index (χ1n) is 6.30. The summed E-state index contributed by atoms with van der Waals surface area (Å²) in [4.78, 5) is 22.8. The molecule has 6 nitrogen and oxygen atoms in total. The fourth-order valence-electron chi connectivity index (χ4n) is 1.82. The van der Waals surface area contributed by atoms with Gasteiger partial charge in [-0.1, -0.05) is 17.7 Å². The number of nitrogens with zero attached hydrogens (tertiary/aromatic N) is 1. The van der Waals surface area contributed by atoms with E-state index in [9.17, 15) is 20.0 Å². The molecule has 1 atom stereocenters. The molecular formula is C14H13ClN2O4S. The smallest absolute Gasteiger partial charge is 0.287 e. The number of nitrogens with one attached hydrogen (secondary N) is 1. The van der Waals surface area contributed by atoms with E-state index in [-0.39, 0.29) is 22.8 Å². The Morgan fingerprint density at radius 2 is 2.23 bits per heavy atom. The van der Waals surface area contributed by atoms with Crippen LogP contribution >= 0.6 is 22.9 Å². The van der Waals surface area contributed by atoms with Crippen LogP contribution < -0.4 is 5.32 Å². The van der Waals surface area contributed by atoms with Crippen molar-refractivity contribution in [1.29, 1.82) is 0 Å². The van der Waals surface area contributed by atoms with Gasteiger partial charge in [-0.3, -0.25) is 14.9 Å². The highest BCUT2D eigenvalue weighted by Gasteiger charge is 2.25. The first-order chi connectivity index (χ1) is 10.3. The molecule has 2 rings (SSSR count). The van der Waals surface area contributed by atoms with Crippen molar-refractivity contribution in [3.05, 3.63) is 61.3 Å². The standard InChI is InChI=1S/C14H13ClN2O4S/c1-14(19,12-3-2-6-22-12)8-16-13(18)9-4-5-11(17(20)21)10(15)7-9/h2-7,19H,8H2,1H3,(H,16,18)/t14-/m0/s1. The highest BCUT2D eigenvalue weighted by Crippen LogP contribution is 2.26. The van der Waals surface area contributed by atoms with E-state index >= 15 is 0 Å². The van der Waals surface area contributed by atoms with Gasteiger partial charge in [-0.25, -0.2) is 0 Å². The molecule has 116 valence electrons. The molecule has 0 fully saturated rings. The molecule has 0 radical (unpaired) electrons. The van der Waals surface area contributed by atoms with E-state index < -0.39 is 16.4 Å². The van der Waals surface area contributed by atoms with Gasteiger partial charge in [0.25, 0.3) is 11.6 Å². The summed E-state index contributed by atoms with van der Waals surface area (Å²) in [7, 11) is 0. The molecule has 0 aliphatic carbocycles. The molecule has 0 saturated carbocycles. The lowest BCUT2D eigenvalue weighted by atomic mass is 10.0. The van der Waals surface area contributed by atoms with Crippen LogP contribution in [0.2, 0.25) is 5.02 Å². The minimum absolute atomic E-state index is 0.0148. The minimum atomic E-state index is -1.19. The van der Waals surface area contributed by atoms with Gasteiger partial charge in [0.1, 0.15) is 10.6 Å². The minimum Gasteiger partial charge on any atom is -0.383 e. The van der Waals surface area contributed by atoms with E-state index in [1.54, 1.807) is 13.0 Å². The highest BCUT2D eigenvalue weighted by atomic mass is 35.5. The van der Waals surface area contributed by atoms with Gasteiger partial charge in [0.2, 0.25) is 0 Å². The van der Waals surface area contributed by atoms with Crippen molar-refractivity contribution in [2.24, 2.45) is 0 Å². The Bertz CT molecular complexity index is 701. The number of rotatable bonds is 5. The predicted octanol–water partition coefficient (Wildman–Crippen LogP) is 2.95. The summed E-state index contributed by atoms with van der Waals surface area (Å²) in [5, 5.41) is 25.3. The van der Waals surface area contributed by atoms with Gasteiger partial charge in [-0.2, -0.15) is 0 Å². The second-order valence-electron chi connectivity index (χ2n) is 4.86. The largest absolute Gasteiger partial charge is 0.383 e. The fourth-order valence-corrected chi connectivity index (χ4v) is 2.86. The van der Waals surface area contributed by atoms with Gasteiger partial charge >= 0.3 is 0 Å². The number of hydrogen-bond acceptors (Lipinski definition) is 5. The lowest BCUT2D eigenvalue weighted by Gasteiger charge is -2.22. The molecule has 0 bridgehead atoms. The molecule has 22 heavy (non-hydrogen) atoms. The van der Waals surface area contributed by atoms with Crippen molar-refractivity contribution in [1.82, 2.24) is 5.32 Å². The maximum absolute atomic E-state index is 12.0. The molecular weight excluding hydrogens is 328 g/mol. The van der Waals surface area contributed by atoms with E-state index in [2.05, 4.69) is 5.32 Å². The Kier molecular flexibility index (Phi) is 4.80.